The molecule has 3 nitrogen and oxygen atoms in total. The van der Waals surface area contributed by atoms with Crippen molar-refractivity contribution in [3.8, 4) is 11.8 Å². The topological polar surface area (TPSA) is 29.5 Å². The average Bonchev–Trinajstić information content (AvgIpc) is 2.52. The molecule has 0 N–H and O–H groups in total. The minimum atomic E-state index is -0.313. The van der Waals surface area contributed by atoms with Crippen molar-refractivity contribution in [3.63, 3.8) is 0 Å². The predicted molar refractivity (Wildman–Crippen MR) is 84.3 cm³/mol. The first-order valence-corrected chi connectivity index (χ1v) is 6.74. The lowest BCUT2D eigenvalue weighted by atomic mass is 10.2. The Hall–Kier alpha value is -2.73. The molecular formula is C18H17NO2. The lowest BCUT2D eigenvalue weighted by Gasteiger charge is -2.22. The second kappa shape index (κ2) is 7.76. The third-order valence-electron chi connectivity index (χ3n) is 2.85. The summed E-state index contributed by atoms with van der Waals surface area (Å²) in [4.78, 5) is 12.8. The fourth-order valence-corrected chi connectivity index (χ4v) is 1.87. The SMILES string of the molecule is CC(=O)OCC#CCN(c1ccccc1)c1ccccc1. The van der Waals surface area contributed by atoms with Crippen molar-refractivity contribution in [2.24, 2.45) is 0 Å². The third-order valence-corrected chi connectivity index (χ3v) is 2.85. The van der Waals surface area contributed by atoms with E-state index in [1.807, 2.05) is 60.7 Å². The third kappa shape index (κ3) is 4.70. The molecule has 2 aromatic rings. The summed E-state index contributed by atoms with van der Waals surface area (Å²) in [5.41, 5.74) is 2.15. The molecule has 0 heterocycles. The van der Waals surface area contributed by atoms with Crippen molar-refractivity contribution in [2.75, 3.05) is 18.1 Å². The summed E-state index contributed by atoms with van der Waals surface area (Å²) in [6.07, 6.45) is 0. The summed E-state index contributed by atoms with van der Waals surface area (Å²) >= 11 is 0. The Labute approximate surface area is 125 Å². The molecule has 2 rings (SSSR count). The zero-order chi connectivity index (χ0) is 14.9. The largest absolute Gasteiger partial charge is 0.453 e. The molecule has 0 amide bonds. The molecule has 0 saturated carbocycles. The van der Waals surface area contributed by atoms with Gasteiger partial charge in [-0.2, -0.15) is 0 Å². The minimum Gasteiger partial charge on any atom is -0.453 e. The van der Waals surface area contributed by atoms with Gasteiger partial charge in [0.05, 0.1) is 6.54 Å². The Morgan fingerprint density at radius 3 is 1.95 bits per heavy atom. The van der Waals surface area contributed by atoms with Gasteiger partial charge in [-0.1, -0.05) is 48.2 Å². The van der Waals surface area contributed by atoms with Crippen LogP contribution in [0, 0.1) is 11.8 Å². The van der Waals surface area contributed by atoms with Gasteiger partial charge in [-0.05, 0) is 24.3 Å². The van der Waals surface area contributed by atoms with E-state index in [9.17, 15) is 4.79 Å². The summed E-state index contributed by atoms with van der Waals surface area (Å²) in [6, 6.07) is 20.1. The molecule has 106 valence electrons. The molecule has 3 heteroatoms. The molecule has 0 bridgehead atoms. The van der Waals surface area contributed by atoms with Crippen molar-refractivity contribution in [1.29, 1.82) is 0 Å². The van der Waals surface area contributed by atoms with Crippen LogP contribution in [0.15, 0.2) is 60.7 Å². The van der Waals surface area contributed by atoms with Gasteiger partial charge in [0.15, 0.2) is 6.61 Å². The van der Waals surface area contributed by atoms with Crippen LogP contribution in [0.25, 0.3) is 0 Å². The molecule has 0 fully saturated rings. The van der Waals surface area contributed by atoms with E-state index < -0.39 is 0 Å². The summed E-state index contributed by atoms with van der Waals surface area (Å²) in [6.45, 7) is 2.05. The second-order valence-electron chi connectivity index (χ2n) is 4.39. The minimum absolute atomic E-state index is 0.132. The molecular weight excluding hydrogens is 262 g/mol. The lowest BCUT2D eigenvalue weighted by molar-refractivity contribution is -0.139. The molecule has 0 aliphatic rings. The van der Waals surface area contributed by atoms with Crippen molar-refractivity contribution in [1.82, 2.24) is 0 Å². The Morgan fingerprint density at radius 2 is 1.48 bits per heavy atom. The summed E-state index contributed by atoms with van der Waals surface area (Å²) in [7, 11) is 0. The second-order valence-corrected chi connectivity index (χ2v) is 4.39. The van der Waals surface area contributed by atoms with Gasteiger partial charge in [0.25, 0.3) is 0 Å². The van der Waals surface area contributed by atoms with E-state index in [1.54, 1.807) is 0 Å². The average molecular weight is 279 g/mol. The Kier molecular flexibility index (Phi) is 5.42. The summed E-state index contributed by atoms with van der Waals surface area (Å²) in [5.74, 6) is 5.58. The van der Waals surface area contributed by atoms with Crippen LogP contribution in [0.5, 0.6) is 0 Å². The molecule has 0 aliphatic heterocycles. The number of rotatable bonds is 4. The first kappa shape index (κ1) is 14.7. The van der Waals surface area contributed by atoms with Gasteiger partial charge in [0.2, 0.25) is 0 Å². The molecule has 0 atom stereocenters. The quantitative estimate of drug-likeness (QED) is 0.634. The Balaban J connectivity index is 2.12. The van der Waals surface area contributed by atoms with Crippen LogP contribution in [0.3, 0.4) is 0 Å². The van der Waals surface area contributed by atoms with Crippen molar-refractivity contribution >= 4 is 17.3 Å². The van der Waals surface area contributed by atoms with Crippen LogP contribution in [0.2, 0.25) is 0 Å². The Morgan fingerprint density at radius 1 is 0.952 bits per heavy atom. The summed E-state index contributed by atoms with van der Waals surface area (Å²) in [5, 5.41) is 0. The number of nitrogens with zero attached hydrogens (tertiary/aromatic N) is 1. The van der Waals surface area contributed by atoms with Crippen molar-refractivity contribution < 1.29 is 9.53 Å². The zero-order valence-corrected chi connectivity index (χ0v) is 12.0. The van der Waals surface area contributed by atoms with Gasteiger partial charge in [0.1, 0.15) is 0 Å². The van der Waals surface area contributed by atoms with Gasteiger partial charge in [-0.15, -0.1) is 0 Å². The maximum atomic E-state index is 10.7. The molecule has 0 aromatic heterocycles. The van der Waals surface area contributed by atoms with Crippen LogP contribution in [0.4, 0.5) is 11.4 Å². The van der Waals surface area contributed by atoms with E-state index in [-0.39, 0.29) is 12.6 Å². The van der Waals surface area contributed by atoms with Gasteiger partial charge in [-0.3, -0.25) is 4.79 Å². The first-order valence-electron chi connectivity index (χ1n) is 6.74. The fraction of sp³-hybridized carbons (Fsp3) is 0.167. The number of hydrogen-bond donors (Lipinski definition) is 0. The molecule has 0 aliphatic carbocycles. The fourth-order valence-electron chi connectivity index (χ4n) is 1.87. The number of esters is 1. The standard InChI is InChI=1S/C18H17NO2/c1-16(20)21-15-9-8-14-19(17-10-4-2-5-11-17)18-12-6-3-7-13-18/h2-7,10-13H,14-15H2,1H3. The van der Waals surface area contributed by atoms with E-state index in [0.717, 1.165) is 11.4 Å². The highest BCUT2D eigenvalue weighted by molar-refractivity contribution is 5.66. The predicted octanol–water partition coefficient (Wildman–Crippen LogP) is 3.39. The van der Waals surface area contributed by atoms with E-state index in [0.29, 0.717) is 6.54 Å². The van der Waals surface area contributed by atoms with E-state index >= 15 is 0 Å². The number of carbonyl (C=O) groups excluding carboxylic acids is 1. The molecule has 0 unspecified atom stereocenters. The van der Waals surface area contributed by atoms with Crippen LogP contribution in [0.1, 0.15) is 6.92 Å². The zero-order valence-electron chi connectivity index (χ0n) is 12.0. The number of para-hydroxylation sites is 2. The number of carbonyl (C=O) groups is 1. The van der Waals surface area contributed by atoms with E-state index in [1.165, 1.54) is 6.92 Å². The van der Waals surface area contributed by atoms with Crippen LogP contribution >= 0.6 is 0 Å². The highest BCUT2D eigenvalue weighted by Crippen LogP contribution is 2.23. The van der Waals surface area contributed by atoms with Gasteiger partial charge >= 0.3 is 5.97 Å². The molecule has 21 heavy (non-hydrogen) atoms. The molecule has 0 spiro atoms. The smallest absolute Gasteiger partial charge is 0.303 e. The maximum Gasteiger partial charge on any atom is 0.303 e. The first-order chi connectivity index (χ1) is 10.3. The molecule has 0 radical (unpaired) electrons. The number of anilines is 2. The normalized spacial score (nSPS) is 9.38. The van der Waals surface area contributed by atoms with Gasteiger partial charge < -0.3 is 9.64 Å². The van der Waals surface area contributed by atoms with Crippen LogP contribution in [-0.2, 0) is 9.53 Å². The van der Waals surface area contributed by atoms with Crippen molar-refractivity contribution in [3.05, 3.63) is 60.7 Å². The van der Waals surface area contributed by atoms with Crippen molar-refractivity contribution in [2.45, 2.75) is 6.92 Å². The molecule has 2 aromatic carbocycles. The maximum absolute atomic E-state index is 10.7. The van der Waals surface area contributed by atoms with E-state index in [2.05, 4.69) is 16.7 Å². The monoisotopic (exact) mass is 279 g/mol. The van der Waals surface area contributed by atoms with E-state index in [4.69, 9.17) is 4.74 Å². The van der Waals surface area contributed by atoms with Crippen LogP contribution in [-0.4, -0.2) is 19.1 Å². The number of ether oxygens (including phenoxy) is 1. The Bertz CT molecular complexity index is 587. The lowest BCUT2D eigenvalue weighted by Crippen LogP contribution is -2.17. The number of benzene rings is 2. The molecule has 0 saturated heterocycles. The highest BCUT2D eigenvalue weighted by atomic mass is 16.5. The highest BCUT2D eigenvalue weighted by Gasteiger charge is 2.06. The van der Waals surface area contributed by atoms with Gasteiger partial charge in [-0.25, -0.2) is 0 Å². The van der Waals surface area contributed by atoms with Gasteiger partial charge in [0, 0.05) is 18.3 Å². The van der Waals surface area contributed by atoms with Crippen LogP contribution < -0.4 is 4.90 Å². The summed E-state index contributed by atoms with van der Waals surface area (Å²) < 4.78 is 4.80. The number of hydrogen-bond acceptors (Lipinski definition) is 3.